The SMILES string of the molecule is CC1=NN(Cc2ccccc2)C(=O)[C@@H]1[C@H](c1cccc(Cl)c1)C(C#N)C#N. The Morgan fingerprint density at radius 2 is 1.85 bits per heavy atom. The van der Waals surface area contributed by atoms with Gasteiger partial charge < -0.3 is 0 Å². The van der Waals surface area contributed by atoms with Gasteiger partial charge in [0, 0.05) is 16.7 Å². The van der Waals surface area contributed by atoms with Crippen LogP contribution in [0.25, 0.3) is 0 Å². The second-order valence-electron chi connectivity index (χ2n) is 6.42. The molecule has 6 heteroatoms. The lowest BCUT2D eigenvalue weighted by molar-refractivity contribution is -0.133. The highest BCUT2D eigenvalue weighted by Gasteiger charge is 2.43. The minimum absolute atomic E-state index is 0.211. The lowest BCUT2D eigenvalue weighted by Crippen LogP contribution is -2.34. The molecular formula is C21H17ClN4O. The Kier molecular flexibility index (Phi) is 5.54. The molecule has 0 unspecified atom stereocenters. The number of nitrogens with zero attached hydrogens (tertiary/aromatic N) is 4. The molecule has 0 saturated carbocycles. The van der Waals surface area contributed by atoms with Crippen LogP contribution >= 0.6 is 11.6 Å². The minimum Gasteiger partial charge on any atom is -0.272 e. The maximum atomic E-state index is 13.1. The van der Waals surface area contributed by atoms with E-state index in [4.69, 9.17) is 11.6 Å². The van der Waals surface area contributed by atoms with E-state index >= 15 is 0 Å². The maximum absolute atomic E-state index is 13.1. The third kappa shape index (κ3) is 3.84. The first-order chi connectivity index (χ1) is 13.0. The predicted octanol–water partition coefficient (Wildman–Crippen LogP) is 4.12. The number of nitriles is 2. The molecule has 2 aromatic carbocycles. The van der Waals surface area contributed by atoms with Crippen molar-refractivity contribution in [2.24, 2.45) is 16.9 Å². The number of hydrazone groups is 1. The number of benzene rings is 2. The Balaban J connectivity index is 1.96. The number of halogens is 1. The van der Waals surface area contributed by atoms with Gasteiger partial charge in [-0.2, -0.15) is 15.6 Å². The van der Waals surface area contributed by atoms with Crippen LogP contribution in [-0.4, -0.2) is 16.6 Å². The maximum Gasteiger partial charge on any atom is 0.252 e. The summed E-state index contributed by atoms with van der Waals surface area (Å²) in [5, 5.41) is 25.3. The first-order valence-corrected chi connectivity index (χ1v) is 8.88. The van der Waals surface area contributed by atoms with Crippen molar-refractivity contribution in [2.75, 3.05) is 0 Å². The van der Waals surface area contributed by atoms with Crippen LogP contribution in [0.4, 0.5) is 0 Å². The standard InChI is InChI=1S/C21H17ClN4O/c1-14-19(21(27)26(25-14)13-15-6-3-2-4-7-15)20(17(11-23)12-24)16-8-5-9-18(22)10-16/h2-10,17,19-20H,13H2,1H3/t19-,20+/m0/s1. The summed E-state index contributed by atoms with van der Waals surface area (Å²) < 4.78 is 0. The number of rotatable bonds is 5. The molecule has 3 rings (SSSR count). The summed E-state index contributed by atoms with van der Waals surface area (Å²) in [7, 11) is 0. The van der Waals surface area contributed by atoms with Crippen molar-refractivity contribution in [1.82, 2.24) is 5.01 Å². The van der Waals surface area contributed by atoms with Gasteiger partial charge in [-0.05, 0) is 30.2 Å². The molecule has 27 heavy (non-hydrogen) atoms. The van der Waals surface area contributed by atoms with Gasteiger partial charge in [0.15, 0.2) is 0 Å². The highest BCUT2D eigenvalue weighted by Crippen LogP contribution is 2.38. The summed E-state index contributed by atoms with van der Waals surface area (Å²) >= 11 is 6.10. The van der Waals surface area contributed by atoms with E-state index in [0.29, 0.717) is 22.8 Å². The molecule has 2 aromatic rings. The normalized spacial score (nSPS) is 17.4. The van der Waals surface area contributed by atoms with Crippen molar-refractivity contribution in [3.05, 3.63) is 70.7 Å². The number of carbonyl (C=O) groups is 1. The van der Waals surface area contributed by atoms with Crippen LogP contribution in [0.2, 0.25) is 5.02 Å². The topological polar surface area (TPSA) is 80.2 Å². The van der Waals surface area contributed by atoms with Gasteiger partial charge in [0.2, 0.25) is 0 Å². The van der Waals surface area contributed by atoms with Crippen LogP contribution in [0.5, 0.6) is 0 Å². The van der Waals surface area contributed by atoms with Gasteiger partial charge in [-0.15, -0.1) is 0 Å². The van der Waals surface area contributed by atoms with E-state index in [1.807, 2.05) is 42.5 Å². The van der Waals surface area contributed by atoms with Gasteiger partial charge in [-0.3, -0.25) is 4.79 Å². The van der Waals surface area contributed by atoms with Crippen molar-refractivity contribution in [2.45, 2.75) is 19.4 Å². The molecule has 0 spiro atoms. The van der Waals surface area contributed by atoms with Crippen molar-refractivity contribution < 1.29 is 4.79 Å². The smallest absolute Gasteiger partial charge is 0.252 e. The number of carbonyl (C=O) groups excluding carboxylic acids is 1. The molecule has 0 fully saturated rings. The fraction of sp³-hybridized carbons (Fsp3) is 0.238. The van der Waals surface area contributed by atoms with Crippen molar-refractivity contribution >= 4 is 23.2 Å². The Morgan fingerprint density at radius 3 is 2.48 bits per heavy atom. The molecule has 2 atom stereocenters. The van der Waals surface area contributed by atoms with Crippen LogP contribution in [0.15, 0.2) is 59.7 Å². The number of hydrogen-bond acceptors (Lipinski definition) is 4. The van der Waals surface area contributed by atoms with Crippen LogP contribution in [0, 0.1) is 34.5 Å². The van der Waals surface area contributed by atoms with Crippen LogP contribution in [0.1, 0.15) is 24.0 Å². The summed E-state index contributed by atoms with van der Waals surface area (Å²) in [6.07, 6.45) is 0. The van der Waals surface area contributed by atoms with E-state index in [1.54, 1.807) is 31.2 Å². The van der Waals surface area contributed by atoms with Crippen molar-refractivity contribution in [3.8, 4) is 12.1 Å². The first kappa shape index (κ1) is 18.6. The van der Waals surface area contributed by atoms with Crippen LogP contribution in [-0.2, 0) is 11.3 Å². The molecule has 1 amide bonds. The van der Waals surface area contributed by atoms with Gasteiger partial charge in [-0.25, -0.2) is 5.01 Å². The Bertz CT molecular complexity index is 944. The first-order valence-electron chi connectivity index (χ1n) is 8.50. The number of hydrogen-bond donors (Lipinski definition) is 0. The molecule has 1 heterocycles. The zero-order valence-electron chi connectivity index (χ0n) is 14.7. The average Bonchev–Trinajstić information content (AvgIpc) is 2.94. The monoisotopic (exact) mass is 376 g/mol. The zero-order chi connectivity index (χ0) is 19.4. The highest BCUT2D eigenvalue weighted by atomic mass is 35.5. The third-order valence-electron chi connectivity index (χ3n) is 4.65. The van der Waals surface area contributed by atoms with Gasteiger partial charge >= 0.3 is 0 Å². The lowest BCUT2D eigenvalue weighted by Gasteiger charge is -2.24. The number of amides is 1. The highest BCUT2D eigenvalue weighted by molar-refractivity contribution is 6.30. The molecule has 1 aliphatic rings. The van der Waals surface area contributed by atoms with Crippen molar-refractivity contribution in [3.63, 3.8) is 0 Å². The second-order valence-corrected chi connectivity index (χ2v) is 6.85. The summed E-state index contributed by atoms with van der Waals surface area (Å²) in [5.74, 6) is -2.50. The summed E-state index contributed by atoms with van der Waals surface area (Å²) in [4.78, 5) is 13.1. The van der Waals surface area contributed by atoms with E-state index in [-0.39, 0.29) is 5.91 Å². The summed E-state index contributed by atoms with van der Waals surface area (Å²) in [5.41, 5.74) is 2.24. The summed E-state index contributed by atoms with van der Waals surface area (Å²) in [6, 6.07) is 20.6. The summed E-state index contributed by atoms with van der Waals surface area (Å²) in [6.45, 7) is 2.11. The largest absolute Gasteiger partial charge is 0.272 e. The average molecular weight is 377 g/mol. The quantitative estimate of drug-likeness (QED) is 0.787. The lowest BCUT2D eigenvalue weighted by atomic mass is 9.76. The minimum atomic E-state index is -0.987. The Labute approximate surface area is 163 Å². The van der Waals surface area contributed by atoms with E-state index in [2.05, 4.69) is 5.10 Å². The molecule has 0 aliphatic carbocycles. The molecule has 1 aliphatic heterocycles. The second kappa shape index (κ2) is 8.03. The zero-order valence-corrected chi connectivity index (χ0v) is 15.5. The predicted molar refractivity (Wildman–Crippen MR) is 103 cm³/mol. The van der Waals surface area contributed by atoms with E-state index in [0.717, 1.165) is 5.56 Å². The molecule has 134 valence electrons. The molecule has 0 N–H and O–H groups in total. The van der Waals surface area contributed by atoms with E-state index in [9.17, 15) is 15.3 Å². The molecule has 0 radical (unpaired) electrons. The van der Waals surface area contributed by atoms with Gasteiger partial charge in [0.1, 0.15) is 5.92 Å². The van der Waals surface area contributed by atoms with E-state index in [1.165, 1.54) is 5.01 Å². The van der Waals surface area contributed by atoms with E-state index < -0.39 is 17.8 Å². The van der Waals surface area contributed by atoms with Crippen LogP contribution in [0.3, 0.4) is 0 Å². The fourth-order valence-corrected chi connectivity index (χ4v) is 3.60. The van der Waals surface area contributed by atoms with Crippen LogP contribution < -0.4 is 0 Å². The molecule has 5 nitrogen and oxygen atoms in total. The molecule has 0 bridgehead atoms. The van der Waals surface area contributed by atoms with Gasteiger partial charge in [0.05, 0.1) is 24.6 Å². The van der Waals surface area contributed by atoms with Gasteiger partial charge in [0.25, 0.3) is 5.91 Å². The Hall–Kier alpha value is -3.15. The third-order valence-corrected chi connectivity index (χ3v) is 4.89. The van der Waals surface area contributed by atoms with Gasteiger partial charge in [-0.1, -0.05) is 54.1 Å². The molecular weight excluding hydrogens is 360 g/mol. The fourth-order valence-electron chi connectivity index (χ4n) is 3.40. The molecule has 0 aromatic heterocycles. The van der Waals surface area contributed by atoms with Crippen molar-refractivity contribution in [1.29, 1.82) is 10.5 Å². The Morgan fingerprint density at radius 1 is 1.15 bits per heavy atom. The molecule has 0 saturated heterocycles.